The van der Waals surface area contributed by atoms with E-state index in [2.05, 4.69) is 23.7 Å². The van der Waals surface area contributed by atoms with Crippen molar-refractivity contribution in [3.63, 3.8) is 0 Å². The smallest absolute Gasteiger partial charge is 0.253 e. The van der Waals surface area contributed by atoms with Crippen molar-refractivity contribution in [3.05, 3.63) is 40.0 Å². The maximum atomic E-state index is 12.7. The largest absolute Gasteiger partial charge is 0.379 e. The standard InChI is InChI=1S/C19H27N3O4S2/c1-13(2)22-14(3)11-17(15(22)4)19(23)20-12-16-5-6-18(27-16)28(24,25)21-7-9-26-10-8-21/h5-6,11,13H,7-10,12H2,1-4H3,(H,20,23). The fourth-order valence-corrected chi connectivity index (χ4v) is 6.43. The van der Waals surface area contributed by atoms with Gasteiger partial charge in [-0.25, -0.2) is 8.42 Å². The molecule has 0 atom stereocenters. The zero-order valence-corrected chi connectivity index (χ0v) is 18.3. The first kappa shape index (κ1) is 21.0. The number of hydrogen-bond acceptors (Lipinski definition) is 5. The van der Waals surface area contributed by atoms with Gasteiger partial charge in [-0.05, 0) is 45.9 Å². The number of nitrogens with zero attached hydrogens (tertiary/aromatic N) is 2. The molecule has 7 nitrogen and oxygen atoms in total. The predicted octanol–water partition coefficient (Wildman–Crippen LogP) is 2.70. The fraction of sp³-hybridized carbons (Fsp3) is 0.526. The molecular formula is C19H27N3O4S2. The van der Waals surface area contributed by atoms with Crippen LogP contribution < -0.4 is 5.32 Å². The van der Waals surface area contributed by atoms with Crippen LogP contribution in [-0.4, -0.2) is 49.5 Å². The molecule has 1 aliphatic heterocycles. The molecule has 3 heterocycles. The first-order valence-corrected chi connectivity index (χ1v) is 11.6. The summed E-state index contributed by atoms with van der Waals surface area (Å²) in [5.74, 6) is -0.147. The van der Waals surface area contributed by atoms with E-state index in [1.165, 1.54) is 15.6 Å². The molecule has 1 aliphatic rings. The van der Waals surface area contributed by atoms with Crippen molar-refractivity contribution in [2.45, 2.75) is 44.5 Å². The van der Waals surface area contributed by atoms with E-state index < -0.39 is 10.0 Å². The Labute approximate surface area is 170 Å². The summed E-state index contributed by atoms with van der Waals surface area (Å²) in [4.78, 5) is 13.4. The molecule has 0 unspecified atom stereocenters. The highest BCUT2D eigenvalue weighted by Gasteiger charge is 2.27. The van der Waals surface area contributed by atoms with Gasteiger partial charge in [0.05, 0.1) is 25.3 Å². The van der Waals surface area contributed by atoms with Crippen molar-refractivity contribution >= 4 is 27.3 Å². The van der Waals surface area contributed by atoms with Crippen molar-refractivity contribution in [2.75, 3.05) is 26.3 Å². The molecule has 2 aromatic rings. The number of hydrogen-bond donors (Lipinski definition) is 1. The summed E-state index contributed by atoms with van der Waals surface area (Å²) >= 11 is 1.20. The zero-order chi connectivity index (χ0) is 20.5. The maximum absolute atomic E-state index is 12.7. The zero-order valence-electron chi connectivity index (χ0n) is 16.7. The van der Waals surface area contributed by atoms with Crippen LogP contribution in [0.1, 0.15) is 46.5 Å². The van der Waals surface area contributed by atoms with Crippen LogP contribution >= 0.6 is 11.3 Å². The Morgan fingerprint density at radius 1 is 1.25 bits per heavy atom. The SMILES string of the molecule is Cc1cc(C(=O)NCc2ccc(S(=O)(=O)N3CCOCC3)s2)c(C)n1C(C)C. The number of thiophene rings is 1. The van der Waals surface area contributed by atoms with Crippen LogP contribution in [0, 0.1) is 13.8 Å². The lowest BCUT2D eigenvalue weighted by atomic mass is 10.2. The number of rotatable bonds is 6. The van der Waals surface area contributed by atoms with Gasteiger partial charge in [-0.15, -0.1) is 11.3 Å². The van der Waals surface area contributed by atoms with Crippen LogP contribution in [-0.2, 0) is 21.3 Å². The van der Waals surface area contributed by atoms with E-state index in [1.54, 1.807) is 12.1 Å². The van der Waals surface area contributed by atoms with E-state index in [0.29, 0.717) is 42.6 Å². The summed E-state index contributed by atoms with van der Waals surface area (Å²) in [6.07, 6.45) is 0. The molecule has 0 aliphatic carbocycles. The van der Waals surface area contributed by atoms with Crippen LogP contribution in [0.25, 0.3) is 0 Å². The van der Waals surface area contributed by atoms with Crippen molar-refractivity contribution in [1.29, 1.82) is 0 Å². The van der Waals surface area contributed by atoms with Crippen molar-refractivity contribution in [3.8, 4) is 0 Å². The lowest BCUT2D eigenvalue weighted by molar-refractivity contribution is 0.0731. The average molecular weight is 426 g/mol. The summed E-state index contributed by atoms with van der Waals surface area (Å²) in [6, 6.07) is 5.55. The van der Waals surface area contributed by atoms with Gasteiger partial charge in [0.2, 0.25) is 0 Å². The second-order valence-electron chi connectivity index (χ2n) is 7.17. The molecule has 0 aromatic carbocycles. The molecule has 3 rings (SSSR count). The molecule has 0 radical (unpaired) electrons. The highest BCUT2D eigenvalue weighted by Crippen LogP contribution is 2.26. The quantitative estimate of drug-likeness (QED) is 0.772. The van der Waals surface area contributed by atoms with Gasteiger partial charge in [0.15, 0.2) is 0 Å². The van der Waals surface area contributed by atoms with Crippen molar-refractivity contribution in [2.24, 2.45) is 0 Å². The third-order valence-corrected chi connectivity index (χ3v) is 8.32. The third kappa shape index (κ3) is 4.17. The lowest BCUT2D eigenvalue weighted by Gasteiger charge is -2.25. The molecule has 0 saturated carbocycles. The number of amides is 1. The molecule has 1 fully saturated rings. The Kier molecular flexibility index (Phi) is 6.28. The molecule has 1 amide bonds. The van der Waals surface area contributed by atoms with Crippen LogP contribution in [0.4, 0.5) is 0 Å². The first-order chi connectivity index (χ1) is 13.2. The maximum Gasteiger partial charge on any atom is 0.253 e. The first-order valence-electron chi connectivity index (χ1n) is 9.35. The summed E-state index contributed by atoms with van der Waals surface area (Å²) in [6.45, 7) is 9.99. The Bertz CT molecular complexity index is 954. The normalized spacial score (nSPS) is 15.9. The highest BCUT2D eigenvalue weighted by molar-refractivity contribution is 7.91. The van der Waals surface area contributed by atoms with Crippen LogP contribution in [0.15, 0.2) is 22.4 Å². The number of ether oxygens (including phenoxy) is 1. The number of aromatic nitrogens is 1. The van der Waals surface area contributed by atoms with Gasteiger partial charge in [0.25, 0.3) is 15.9 Å². The minimum absolute atomic E-state index is 0.147. The van der Waals surface area contributed by atoms with Crippen LogP contribution in [0.2, 0.25) is 0 Å². The fourth-order valence-electron chi connectivity index (χ4n) is 3.57. The Hall–Kier alpha value is -1.68. The van der Waals surface area contributed by atoms with Gasteiger partial charge in [0, 0.05) is 35.4 Å². The molecule has 0 bridgehead atoms. The van der Waals surface area contributed by atoms with Crippen LogP contribution in [0.3, 0.4) is 0 Å². The number of carbonyl (C=O) groups is 1. The summed E-state index contributed by atoms with van der Waals surface area (Å²) < 4.78 is 34.5. The summed E-state index contributed by atoms with van der Waals surface area (Å²) in [7, 11) is -3.49. The minimum atomic E-state index is -3.49. The van der Waals surface area contributed by atoms with E-state index in [0.717, 1.165) is 16.3 Å². The molecule has 2 aromatic heterocycles. The van der Waals surface area contributed by atoms with Gasteiger partial charge < -0.3 is 14.6 Å². The van der Waals surface area contributed by atoms with Crippen molar-refractivity contribution < 1.29 is 17.9 Å². The molecule has 154 valence electrons. The van der Waals surface area contributed by atoms with E-state index in [9.17, 15) is 13.2 Å². The molecule has 28 heavy (non-hydrogen) atoms. The second kappa shape index (κ2) is 8.36. The number of carbonyl (C=O) groups excluding carboxylic acids is 1. The van der Waals surface area contributed by atoms with Gasteiger partial charge in [0.1, 0.15) is 4.21 Å². The van der Waals surface area contributed by atoms with Crippen LogP contribution in [0.5, 0.6) is 0 Å². The van der Waals surface area contributed by atoms with E-state index in [4.69, 9.17) is 4.74 Å². The Morgan fingerprint density at radius 2 is 1.93 bits per heavy atom. The van der Waals surface area contributed by atoms with Gasteiger partial charge in [-0.3, -0.25) is 4.79 Å². The van der Waals surface area contributed by atoms with E-state index in [-0.39, 0.29) is 11.9 Å². The second-order valence-corrected chi connectivity index (χ2v) is 10.5. The van der Waals surface area contributed by atoms with E-state index in [1.807, 2.05) is 19.9 Å². The lowest BCUT2D eigenvalue weighted by Crippen LogP contribution is -2.40. The van der Waals surface area contributed by atoms with Gasteiger partial charge >= 0.3 is 0 Å². The van der Waals surface area contributed by atoms with Gasteiger partial charge in [-0.2, -0.15) is 4.31 Å². The number of sulfonamides is 1. The number of aryl methyl sites for hydroxylation is 1. The predicted molar refractivity (Wildman–Crippen MR) is 109 cm³/mol. The summed E-state index contributed by atoms with van der Waals surface area (Å²) in [5, 5.41) is 2.91. The highest BCUT2D eigenvalue weighted by atomic mass is 32.2. The summed E-state index contributed by atoms with van der Waals surface area (Å²) in [5.41, 5.74) is 2.64. The van der Waals surface area contributed by atoms with Gasteiger partial charge in [-0.1, -0.05) is 0 Å². The van der Waals surface area contributed by atoms with Crippen molar-refractivity contribution in [1.82, 2.24) is 14.2 Å². The topological polar surface area (TPSA) is 80.6 Å². The average Bonchev–Trinajstić information content (AvgIpc) is 3.25. The Balaban J connectivity index is 1.68. The minimum Gasteiger partial charge on any atom is -0.379 e. The molecular weight excluding hydrogens is 398 g/mol. The molecule has 9 heteroatoms. The third-order valence-electron chi connectivity index (χ3n) is 4.87. The molecule has 1 N–H and O–H groups in total. The molecule has 1 saturated heterocycles. The number of nitrogens with one attached hydrogen (secondary N) is 1. The number of morpholine rings is 1. The molecule has 0 spiro atoms. The monoisotopic (exact) mass is 425 g/mol. The Morgan fingerprint density at radius 3 is 2.54 bits per heavy atom. The van der Waals surface area contributed by atoms with E-state index >= 15 is 0 Å².